The predicted octanol–water partition coefficient (Wildman–Crippen LogP) is 4.03. The van der Waals surface area contributed by atoms with Gasteiger partial charge in [-0.2, -0.15) is 0 Å². The van der Waals surface area contributed by atoms with Gasteiger partial charge in [0, 0.05) is 13.0 Å². The first-order chi connectivity index (χ1) is 16.3. The molecule has 7 nitrogen and oxygen atoms in total. The van der Waals surface area contributed by atoms with Gasteiger partial charge < -0.3 is 14.6 Å². The molecular weight excluding hydrogens is 430 g/mol. The van der Waals surface area contributed by atoms with Gasteiger partial charge in [0.15, 0.2) is 5.78 Å². The molecule has 7 heteroatoms. The third-order valence-corrected chi connectivity index (χ3v) is 10.2. The van der Waals surface area contributed by atoms with Crippen LogP contribution in [0.2, 0.25) is 0 Å². The number of aromatic nitrogens is 3. The Balaban J connectivity index is 1.21. The van der Waals surface area contributed by atoms with Gasteiger partial charge in [-0.15, -0.1) is 5.10 Å². The van der Waals surface area contributed by atoms with Gasteiger partial charge in [0.25, 0.3) is 0 Å². The monoisotopic (exact) mass is 473 g/mol. The highest BCUT2D eigenvalue weighted by molar-refractivity contribution is 5.82. The molecule has 0 amide bonds. The van der Waals surface area contributed by atoms with Crippen molar-refractivity contribution in [1.82, 2.24) is 15.0 Å². The summed E-state index contributed by atoms with van der Waals surface area (Å²) in [6, 6.07) is 0. The Kier molecular flexibility index (Phi) is 6.90. The Hall–Kier alpha value is -1.31. The average molecular weight is 474 g/mol. The first-order valence-electron chi connectivity index (χ1n) is 13.5. The second-order valence-corrected chi connectivity index (χ2v) is 12.3. The van der Waals surface area contributed by atoms with E-state index < -0.39 is 5.60 Å². The van der Waals surface area contributed by atoms with Gasteiger partial charge in [-0.25, -0.2) is 4.68 Å². The molecule has 4 fully saturated rings. The van der Waals surface area contributed by atoms with E-state index in [1.165, 1.54) is 38.5 Å². The molecule has 4 saturated carbocycles. The molecule has 0 unspecified atom stereocenters. The first-order valence-corrected chi connectivity index (χ1v) is 13.5. The van der Waals surface area contributed by atoms with Crippen LogP contribution in [0.25, 0.3) is 0 Å². The largest absolute Gasteiger partial charge is 0.390 e. The second-order valence-electron chi connectivity index (χ2n) is 12.3. The molecule has 4 aliphatic carbocycles. The first kappa shape index (κ1) is 24.4. The van der Waals surface area contributed by atoms with Crippen molar-refractivity contribution in [3.63, 3.8) is 0 Å². The smallest absolute Gasteiger partial charge is 0.157 e. The van der Waals surface area contributed by atoms with E-state index >= 15 is 0 Å². The molecule has 1 N–H and O–H groups in total. The van der Waals surface area contributed by atoms with Crippen molar-refractivity contribution in [2.24, 2.45) is 40.9 Å². The molecule has 0 aromatic carbocycles. The normalized spacial score (nSPS) is 41.5. The number of Topliss-reactive ketones (excluding diaryl/α,β-unsaturated/α-hetero) is 1. The number of fused-ring (bicyclic) bond motifs is 5. The molecule has 34 heavy (non-hydrogen) atoms. The van der Waals surface area contributed by atoms with E-state index in [0.717, 1.165) is 42.7 Å². The third kappa shape index (κ3) is 4.60. The van der Waals surface area contributed by atoms with Crippen molar-refractivity contribution in [2.45, 2.75) is 90.4 Å². The van der Waals surface area contributed by atoms with Crippen molar-refractivity contribution in [2.75, 3.05) is 20.3 Å². The summed E-state index contributed by atoms with van der Waals surface area (Å²) < 4.78 is 12.2. The van der Waals surface area contributed by atoms with Gasteiger partial charge >= 0.3 is 0 Å². The predicted molar refractivity (Wildman–Crippen MR) is 128 cm³/mol. The topological polar surface area (TPSA) is 86.5 Å². The van der Waals surface area contributed by atoms with Crippen LogP contribution in [0, 0.1) is 40.9 Å². The lowest BCUT2D eigenvalue weighted by Gasteiger charge is -2.56. The molecule has 0 bridgehead atoms. The van der Waals surface area contributed by atoms with Gasteiger partial charge in [-0.3, -0.25) is 4.79 Å². The molecule has 0 aliphatic heterocycles. The molecule has 0 radical (unpaired) electrons. The van der Waals surface area contributed by atoms with Crippen LogP contribution in [0.4, 0.5) is 0 Å². The maximum atomic E-state index is 13.5. The number of hydrogen-bond acceptors (Lipinski definition) is 6. The van der Waals surface area contributed by atoms with Gasteiger partial charge in [0.2, 0.25) is 0 Å². The summed E-state index contributed by atoms with van der Waals surface area (Å²) in [4.78, 5) is 13.5. The minimum atomic E-state index is -0.459. The second kappa shape index (κ2) is 9.62. The number of carbonyl (C=O) groups is 1. The zero-order valence-corrected chi connectivity index (χ0v) is 21.2. The van der Waals surface area contributed by atoms with Crippen LogP contribution >= 0.6 is 0 Å². The number of carbonyl (C=O) groups excluding carboxylic acids is 1. The highest BCUT2D eigenvalue weighted by Gasteiger charge is 2.58. The van der Waals surface area contributed by atoms with Gasteiger partial charge in [-0.1, -0.05) is 12.1 Å². The van der Waals surface area contributed by atoms with E-state index in [2.05, 4.69) is 17.2 Å². The summed E-state index contributed by atoms with van der Waals surface area (Å²) in [5.41, 5.74) is 0.417. The number of ether oxygens (including phenoxy) is 2. The summed E-state index contributed by atoms with van der Waals surface area (Å²) >= 11 is 0. The van der Waals surface area contributed by atoms with E-state index in [1.807, 2.05) is 13.1 Å². The molecule has 190 valence electrons. The van der Waals surface area contributed by atoms with Crippen LogP contribution in [0.3, 0.4) is 0 Å². The summed E-state index contributed by atoms with van der Waals surface area (Å²) in [7, 11) is 1.65. The number of rotatable bonds is 8. The fourth-order valence-electron chi connectivity index (χ4n) is 8.68. The van der Waals surface area contributed by atoms with Crippen molar-refractivity contribution in [1.29, 1.82) is 0 Å². The maximum Gasteiger partial charge on any atom is 0.157 e. The minimum absolute atomic E-state index is 0.123. The van der Waals surface area contributed by atoms with Crippen molar-refractivity contribution in [3.05, 3.63) is 11.9 Å². The van der Waals surface area contributed by atoms with Crippen molar-refractivity contribution in [3.8, 4) is 0 Å². The Bertz CT molecular complexity index is 870. The maximum absolute atomic E-state index is 13.5. The number of aliphatic hydroxyl groups is 1. The van der Waals surface area contributed by atoms with E-state index in [9.17, 15) is 9.90 Å². The number of nitrogens with zero attached hydrogens (tertiary/aromatic N) is 3. The molecule has 1 aromatic heterocycles. The minimum Gasteiger partial charge on any atom is -0.390 e. The summed E-state index contributed by atoms with van der Waals surface area (Å²) in [6.07, 6.45) is 12.2. The molecular formula is C27H43N3O4. The van der Waals surface area contributed by atoms with Crippen molar-refractivity contribution < 1.29 is 19.4 Å². The Labute approximate surface area is 204 Å². The van der Waals surface area contributed by atoms with Crippen molar-refractivity contribution >= 4 is 5.78 Å². The molecule has 4 aliphatic rings. The molecule has 0 spiro atoms. The number of hydrogen-bond donors (Lipinski definition) is 1. The molecule has 8 atom stereocenters. The quantitative estimate of drug-likeness (QED) is 0.574. The van der Waals surface area contributed by atoms with E-state index in [1.54, 1.807) is 11.8 Å². The Morgan fingerprint density at radius 3 is 2.74 bits per heavy atom. The highest BCUT2D eigenvalue weighted by atomic mass is 16.5. The van der Waals surface area contributed by atoms with Crippen LogP contribution < -0.4 is 0 Å². The van der Waals surface area contributed by atoms with Gasteiger partial charge in [-0.05, 0) is 99.7 Å². The molecule has 1 heterocycles. The van der Waals surface area contributed by atoms with E-state index in [0.29, 0.717) is 44.0 Å². The lowest BCUT2D eigenvalue weighted by atomic mass is 9.49. The Morgan fingerprint density at radius 2 is 1.91 bits per heavy atom. The van der Waals surface area contributed by atoms with Crippen LogP contribution in [-0.4, -0.2) is 51.8 Å². The standard InChI is InChI=1S/C27H43N3O4/c1-26(32)10-8-20-18(14-26)4-5-22-21(20)9-11-27(2)23(22)6-7-24(27)25(31)16-30-15-19(28-29-30)17-34-13-12-33-3/h15,18,20-24,32H,4-14,16-17H2,1-3H3/t18-,20+,21-,22-,23+,24-,26-,27+/m1/s1. The van der Waals surface area contributed by atoms with E-state index in [-0.39, 0.29) is 11.3 Å². The van der Waals surface area contributed by atoms with E-state index in [4.69, 9.17) is 9.47 Å². The summed E-state index contributed by atoms with van der Waals surface area (Å²) in [5, 5.41) is 19.0. The SMILES string of the molecule is COCCOCc1cn(CC(=O)[C@H]2CC[C@H]3[C@@H]4CC[C@@H]5C[C@](C)(O)CC[C@@H]5[C@H]4CC[C@]23C)nn1. The highest BCUT2D eigenvalue weighted by Crippen LogP contribution is 2.64. The van der Waals surface area contributed by atoms with Crippen LogP contribution in [0.1, 0.15) is 77.3 Å². The molecule has 5 rings (SSSR count). The molecule has 1 aromatic rings. The lowest BCUT2D eigenvalue weighted by Crippen LogP contribution is -2.51. The number of methoxy groups -OCH3 is 1. The fraction of sp³-hybridized carbons (Fsp3) is 0.889. The van der Waals surface area contributed by atoms with Crippen LogP contribution in [0.5, 0.6) is 0 Å². The third-order valence-electron chi connectivity index (χ3n) is 10.2. The van der Waals surface area contributed by atoms with Gasteiger partial charge in [0.1, 0.15) is 12.2 Å². The van der Waals surface area contributed by atoms with Crippen LogP contribution in [0.15, 0.2) is 6.20 Å². The lowest BCUT2D eigenvalue weighted by molar-refractivity contribution is -0.133. The fourth-order valence-corrected chi connectivity index (χ4v) is 8.68. The zero-order chi connectivity index (χ0) is 23.9. The average Bonchev–Trinajstić information content (AvgIpc) is 3.39. The zero-order valence-electron chi connectivity index (χ0n) is 21.2. The Morgan fingerprint density at radius 1 is 1.09 bits per heavy atom. The van der Waals surface area contributed by atoms with Gasteiger partial charge in [0.05, 0.1) is 31.6 Å². The number of ketones is 1. The molecule has 0 saturated heterocycles. The van der Waals surface area contributed by atoms with Crippen LogP contribution in [-0.2, 0) is 27.4 Å². The summed E-state index contributed by atoms with van der Waals surface area (Å²) in [6.45, 7) is 6.23. The summed E-state index contributed by atoms with van der Waals surface area (Å²) in [5.74, 6) is 4.19.